The maximum atomic E-state index is 3.88. The standard InChI is InChI=1S/C14H27Br/c1-4-12-8-9-14(15)13(10-12)7-5-6-11(2)3/h11-14H,4-10H2,1-3H3. The van der Waals surface area contributed by atoms with Gasteiger partial charge in [0.15, 0.2) is 0 Å². The molecule has 0 aromatic carbocycles. The molecule has 0 aliphatic heterocycles. The number of hydrogen-bond acceptors (Lipinski definition) is 0. The van der Waals surface area contributed by atoms with Crippen LogP contribution in [0.1, 0.15) is 65.7 Å². The number of hydrogen-bond donors (Lipinski definition) is 0. The van der Waals surface area contributed by atoms with Crippen molar-refractivity contribution < 1.29 is 0 Å². The molecule has 1 aliphatic carbocycles. The Labute approximate surface area is 104 Å². The van der Waals surface area contributed by atoms with Crippen molar-refractivity contribution in [3.63, 3.8) is 0 Å². The van der Waals surface area contributed by atoms with Crippen molar-refractivity contribution in [2.45, 2.75) is 70.5 Å². The van der Waals surface area contributed by atoms with E-state index >= 15 is 0 Å². The molecule has 1 aliphatic rings. The van der Waals surface area contributed by atoms with Crippen molar-refractivity contribution in [1.82, 2.24) is 0 Å². The van der Waals surface area contributed by atoms with Gasteiger partial charge in [0.1, 0.15) is 0 Å². The molecule has 0 aromatic heterocycles. The Morgan fingerprint density at radius 3 is 2.60 bits per heavy atom. The van der Waals surface area contributed by atoms with Crippen molar-refractivity contribution in [2.75, 3.05) is 0 Å². The fraction of sp³-hybridized carbons (Fsp3) is 1.00. The third kappa shape index (κ3) is 4.89. The van der Waals surface area contributed by atoms with Crippen LogP contribution in [0.15, 0.2) is 0 Å². The van der Waals surface area contributed by atoms with E-state index < -0.39 is 0 Å². The second kappa shape index (κ2) is 6.93. The Bertz CT molecular complexity index is 165. The quantitative estimate of drug-likeness (QED) is 0.589. The molecule has 0 amide bonds. The van der Waals surface area contributed by atoms with Crippen LogP contribution in [0.2, 0.25) is 0 Å². The van der Waals surface area contributed by atoms with Crippen LogP contribution in [0, 0.1) is 17.8 Å². The smallest absolute Gasteiger partial charge is 0.0174 e. The summed E-state index contributed by atoms with van der Waals surface area (Å²) < 4.78 is 0. The lowest BCUT2D eigenvalue weighted by molar-refractivity contribution is 0.254. The van der Waals surface area contributed by atoms with Gasteiger partial charge in [-0.25, -0.2) is 0 Å². The first-order valence-corrected chi connectivity index (χ1v) is 7.69. The minimum absolute atomic E-state index is 0.812. The van der Waals surface area contributed by atoms with Crippen LogP contribution in [0.4, 0.5) is 0 Å². The Morgan fingerprint density at radius 1 is 1.27 bits per heavy atom. The fourth-order valence-corrected chi connectivity index (χ4v) is 3.53. The first-order valence-electron chi connectivity index (χ1n) is 6.77. The van der Waals surface area contributed by atoms with Gasteiger partial charge in [0, 0.05) is 4.83 Å². The van der Waals surface area contributed by atoms with E-state index in [0.29, 0.717) is 0 Å². The lowest BCUT2D eigenvalue weighted by Crippen LogP contribution is -2.24. The van der Waals surface area contributed by atoms with Crippen molar-refractivity contribution in [3.8, 4) is 0 Å². The van der Waals surface area contributed by atoms with Crippen LogP contribution >= 0.6 is 15.9 Å². The number of halogens is 1. The summed E-state index contributed by atoms with van der Waals surface area (Å²) >= 11 is 3.88. The zero-order valence-electron chi connectivity index (χ0n) is 10.6. The normalized spacial score (nSPS) is 32.2. The van der Waals surface area contributed by atoms with E-state index in [1.807, 2.05) is 0 Å². The SMILES string of the molecule is CCC1CCC(Br)C(CCCC(C)C)C1. The molecule has 0 aromatic rings. The van der Waals surface area contributed by atoms with Gasteiger partial charge in [-0.15, -0.1) is 0 Å². The maximum Gasteiger partial charge on any atom is 0.0174 e. The van der Waals surface area contributed by atoms with Gasteiger partial charge in [0.25, 0.3) is 0 Å². The molecule has 1 heteroatoms. The second-order valence-electron chi connectivity index (χ2n) is 5.69. The van der Waals surface area contributed by atoms with E-state index in [1.165, 1.54) is 44.9 Å². The molecular formula is C14H27Br. The summed E-state index contributed by atoms with van der Waals surface area (Å²) in [5.41, 5.74) is 0. The molecule has 0 N–H and O–H groups in total. The van der Waals surface area contributed by atoms with Crippen molar-refractivity contribution in [1.29, 1.82) is 0 Å². The Hall–Kier alpha value is 0.480. The van der Waals surface area contributed by atoms with Gasteiger partial charge in [0.2, 0.25) is 0 Å². The van der Waals surface area contributed by atoms with Gasteiger partial charge < -0.3 is 0 Å². The Kier molecular flexibility index (Phi) is 6.26. The number of alkyl halides is 1. The molecule has 0 heterocycles. The molecule has 1 saturated carbocycles. The zero-order chi connectivity index (χ0) is 11.3. The highest BCUT2D eigenvalue weighted by molar-refractivity contribution is 9.09. The van der Waals surface area contributed by atoms with Crippen LogP contribution in [0.25, 0.3) is 0 Å². The van der Waals surface area contributed by atoms with E-state index in [1.54, 1.807) is 0 Å². The van der Waals surface area contributed by atoms with Gasteiger partial charge in [-0.2, -0.15) is 0 Å². The molecular weight excluding hydrogens is 248 g/mol. The summed E-state index contributed by atoms with van der Waals surface area (Å²) in [4.78, 5) is 0.812. The van der Waals surface area contributed by atoms with Crippen LogP contribution in [0.3, 0.4) is 0 Å². The molecule has 1 fully saturated rings. The lowest BCUT2D eigenvalue weighted by Gasteiger charge is -2.33. The molecule has 3 atom stereocenters. The maximum absolute atomic E-state index is 3.88. The average Bonchev–Trinajstić information content (AvgIpc) is 2.20. The lowest BCUT2D eigenvalue weighted by atomic mass is 9.78. The highest BCUT2D eigenvalue weighted by Crippen LogP contribution is 2.38. The predicted octanol–water partition coefficient (Wildman–Crippen LogP) is 5.40. The van der Waals surface area contributed by atoms with Crippen molar-refractivity contribution >= 4 is 15.9 Å². The first-order chi connectivity index (χ1) is 7.13. The molecule has 0 bridgehead atoms. The highest BCUT2D eigenvalue weighted by Gasteiger charge is 2.27. The van der Waals surface area contributed by atoms with Crippen LogP contribution in [-0.4, -0.2) is 4.83 Å². The molecule has 90 valence electrons. The summed E-state index contributed by atoms with van der Waals surface area (Å²) in [6, 6.07) is 0. The Morgan fingerprint density at radius 2 is 2.00 bits per heavy atom. The molecule has 0 radical (unpaired) electrons. The zero-order valence-corrected chi connectivity index (χ0v) is 12.2. The third-order valence-corrected chi connectivity index (χ3v) is 5.14. The van der Waals surface area contributed by atoms with Crippen LogP contribution in [0.5, 0.6) is 0 Å². The summed E-state index contributed by atoms with van der Waals surface area (Å²) in [7, 11) is 0. The third-order valence-electron chi connectivity index (χ3n) is 3.93. The minimum Gasteiger partial charge on any atom is -0.0888 e. The van der Waals surface area contributed by atoms with Crippen molar-refractivity contribution in [2.24, 2.45) is 17.8 Å². The second-order valence-corrected chi connectivity index (χ2v) is 6.86. The summed E-state index contributed by atoms with van der Waals surface area (Å²) in [6.45, 7) is 7.02. The predicted molar refractivity (Wildman–Crippen MR) is 72.5 cm³/mol. The molecule has 15 heavy (non-hydrogen) atoms. The topological polar surface area (TPSA) is 0 Å². The van der Waals surface area contributed by atoms with E-state index in [2.05, 4.69) is 36.7 Å². The summed E-state index contributed by atoms with van der Waals surface area (Å²) in [5.74, 6) is 2.86. The molecule has 0 saturated heterocycles. The molecule has 0 nitrogen and oxygen atoms in total. The van der Waals surface area contributed by atoms with E-state index in [-0.39, 0.29) is 0 Å². The van der Waals surface area contributed by atoms with Gasteiger partial charge >= 0.3 is 0 Å². The fourth-order valence-electron chi connectivity index (χ4n) is 2.78. The van der Waals surface area contributed by atoms with E-state index in [9.17, 15) is 0 Å². The van der Waals surface area contributed by atoms with Gasteiger partial charge in [0.05, 0.1) is 0 Å². The number of rotatable bonds is 5. The van der Waals surface area contributed by atoms with Crippen LogP contribution < -0.4 is 0 Å². The average molecular weight is 275 g/mol. The van der Waals surface area contributed by atoms with E-state index in [0.717, 1.165) is 22.6 Å². The Balaban J connectivity index is 2.25. The summed E-state index contributed by atoms with van der Waals surface area (Å²) in [6.07, 6.45) is 10.0. The monoisotopic (exact) mass is 274 g/mol. The largest absolute Gasteiger partial charge is 0.0888 e. The first kappa shape index (κ1) is 13.5. The van der Waals surface area contributed by atoms with Crippen molar-refractivity contribution in [3.05, 3.63) is 0 Å². The van der Waals surface area contributed by atoms with Gasteiger partial charge in [-0.05, 0) is 43.4 Å². The van der Waals surface area contributed by atoms with E-state index in [4.69, 9.17) is 0 Å². The van der Waals surface area contributed by atoms with Gasteiger partial charge in [-0.1, -0.05) is 56.0 Å². The molecule has 0 spiro atoms. The van der Waals surface area contributed by atoms with Gasteiger partial charge in [-0.3, -0.25) is 0 Å². The van der Waals surface area contributed by atoms with Crippen LogP contribution in [-0.2, 0) is 0 Å². The molecule has 1 rings (SSSR count). The highest BCUT2D eigenvalue weighted by atomic mass is 79.9. The minimum atomic E-state index is 0.812. The summed E-state index contributed by atoms with van der Waals surface area (Å²) in [5, 5.41) is 0. The molecule has 3 unspecified atom stereocenters.